The molecule has 2 N–H and O–H groups in total. The van der Waals surface area contributed by atoms with Gasteiger partial charge in [0.2, 0.25) is 16.9 Å². The summed E-state index contributed by atoms with van der Waals surface area (Å²) >= 11 is 1.41. The molecule has 2 heterocycles. The van der Waals surface area contributed by atoms with E-state index in [-0.39, 0.29) is 18.4 Å². The molecule has 2 rings (SSSR count). The number of carbonyl (C=O) groups excluding carboxylic acids is 2. The summed E-state index contributed by atoms with van der Waals surface area (Å²) in [6.07, 6.45) is 0. The van der Waals surface area contributed by atoms with Gasteiger partial charge >= 0.3 is 0 Å². The lowest BCUT2D eigenvalue weighted by Gasteiger charge is -2.39. The largest absolute Gasteiger partial charge is 0.363 e. The lowest BCUT2D eigenvalue weighted by atomic mass is 9.99. The minimum Gasteiger partial charge on any atom is -0.363 e. The van der Waals surface area contributed by atoms with Gasteiger partial charge in [0.15, 0.2) is 0 Å². The maximum atomic E-state index is 11.8. The van der Waals surface area contributed by atoms with Gasteiger partial charge in [-0.05, 0) is 13.8 Å². The number of amides is 2. The van der Waals surface area contributed by atoms with Crippen molar-refractivity contribution in [3.63, 3.8) is 0 Å². The van der Waals surface area contributed by atoms with Crippen LogP contribution in [0, 0.1) is 0 Å². The lowest BCUT2D eigenvalue weighted by Crippen LogP contribution is -2.63. The molecule has 0 unspecified atom stereocenters. The van der Waals surface area contributed by atoms with Crippen LogP contribution in [0.2, 0.25) is 0 Å². The van der Waals surface area contributed by atoms with Crippen LogP contribution >= 0.6 is 11.3 Å². The SMILES string of the molecule is CNc1nnc(CN2CC(=O)NC(=O)C2(C)C)s1. The molecule has 8 heteroatoms. The van der Waals surface area contributed by atoms with E-state index < -0.39 is 5.54 Å². The zero-order valence-electron chi connectivity index (χ0n) is 10.5. The average molecular weight is 269 g/mol. The fourth-order valence-electron chi connectivity index (χ4n) is 1.67. The topological polar surface area (TPSA) is 87.2 Å². The maximum Gasteiger partial charge on any atom is 0.246 e. The summed E-state index contributed by atoms with van der Waals surface area (Å²) in [5.74, 6) is -0.560. The molecule has 0 aromatic carbocycles. The summed E-state index contributed by atoms with van der Waals surface area (Å²) in [7, 11) is 1.77. The number of nitrogens with zero attached hydrogens (tertiary/aromatic N) is 3. The van der Waals surface area contributed by atoms with E-state index >= 15 is 0 Å². The highest BCUT2D eigenvalue weighted by Crippen LogP contribution is 2.23. The number of aromatic nitrogens is 2. The van der Waals surface area contributed by atoms with Gasteiger partial charge in [0.25, 0.3) is 0 Å². The van der Waals surface area contributed by atoms with Crippen LogP contribution in [-0.4, -0.2) is 46.0 Å². The first-order valence-electron chi connectivity index (χ1n) is 5.53. The summed E-state index contributed by atoms with van der Waals surface area (Å²) in [5, 5.41) is 14.7. The Morgan fingerprint density at radius 3 is 2.78 bits per heavy atom. The van der Waals surface area contributed by atoms with Gasteiger partial charge in [-0.2, -0.15) is 0 Å². The van der Waals surface area contributed by atoms with E-state index in [4.69, 9.17) is 0 Å². The van der Waals surface area contributed by atoms with Crippen molar-refractivity contribution in [2.45, 2.75) is 25.9 Å². The minimum absolute atomic E-state index is 0.188. The first-order valence-corrected chi connectivity index (χ1v) is 6.34. The quantitative estimate of drug-likeness (QED) is 0.740. The van der Waals surface area contributed by atoms with E-state index in [0.717, 1.165) is 10.1 Å². The predicted molar refractivity (Wildman–Crippen MR) is 67.1 cm³/mol. The van der Waals surface area contributed by atoms with Crippen molar-refractivity contribution in [2.75, 3.05) is 18.9 Å². The molecule has 0 saturated carbocycles. The molecular weight excluding hydrogens is 254 g/mol. The Bertz CT molecular complexity index is 484. The standard InChI is InChI=1S/C10H15N5O2S/c1-10(2)8(17)12-6(16)4-15(10)5-7-13-14-9(11-3)18-7/h4-5H2,1-3H3,(H,11,14)(H,12,16,17). The number of hydrogen-bond acceptors (Lipinski definition) is 7. The van der Waals surface area contributed by atoms with Crippen LogP contribution in [0.1, 0.15) is 18.9 Å². The summed E-state index contributed by atoms with van der Waals surface area (Å²) in [4.78, 5) is 25.0. The molecule has 1 aromatic heterocycles. The molecule has 0 radical (unpaired) electrons. The van der Waals surface area contributed by atoms with Crippen molar-refractivity contribution < 1.29 is 9.59 Å². The Morgan fingerprint density at radius 1 is 1.44 bits per heavy atom. The highest BCUT2D eigenvalue weighted by Gasteiger charge is 2.41. The second-order valence-corrected chi connectivity index (χ2v) is 5.61. The van der Waals surface area contributed by atoms with E-state index in [1.54, 1.807) is 25.8 Å². The Kier molecular flexibility index (Phi) is 3.31. The third-order valence-corrected chi connectivity index (χ3v) is 3.87. The van der Waals surface area contributed by atoms with Crippen molar-refractivity contribution in [2.24, 2.45) is 0 Å². The fraction of sp³-hybridized carbons (Fsp3) is 0.600. The number of rotatable bonds is 3. The van der Waals surface area contributed by atoms with Crippen LogP contribution in [0.25, 0.3) is 0 Å². The van der Waals surface area contributed by atoms with Gasteiger partial charge in [-0.3, -0.25) is 19.8 Å². The molecular formula is C10H15N5O2S. The summed E-state index contributed by atoms with van der Waals surface area (Å²) < 4.78 is 0. The normalized spacial score (nSPS) is 19.7. The third-order valence-electron chi connectivity index (χ3n) is 2.94. The highest BCUT2D eigenvalue weighted by atomic mass is 32.1. The summed E-state index contributed by atoms with van der Waals surface area (Å²) in [6.45, 7) is 4.20. The van der Waals surface area contributed by atoms with Crippen molar-refractivity contribution in [3.05, 3.63) is 5.01 Å². The minimum atomic E-state index is -0.723. The van der Waals surface area contributed by atoms with Crippen molar-refractivity contribution in [3.8, 4) is 0 Å². The Labute approximate surface area is 109 Å². The smallest absolute Gasteiger partial charge is 0.246 e. The number of imide groups is 1. The van der Waals surface area contributed by atoms with E-state index in [1.807, 2.05) is 0 Å². The number of nitrogens with one attached hydrogen (secondary N) is 2. The van der Waals surface area contributed by atoms with Gasteiger partial charge < -0.3 is 5.32 Å². The molecule has 1 aliphatic rings. The van der Waals surface area contributed by atoms with Gasteiger partial charge in [-0.25, -0.2) is 0 Å². The van der Waals surface area contributed by atoms with Crippen LogP contribution in [0.4, 0.5) is 5.13 Å². The van der Waals surface area contributed by atoms with Crippen LogP contribution < -0.4 is 10.6 Å². The molecule has 1 saturated heterocycles. The first kappa shape index (κ1) is 12.9. The third kappa shape index (κ3) is 2.34. The monoisotopic (exact) mass is 269 g/mol. The van der Waals surface area contributed by atoms with Crippen molar-refractivity contribution in [1.82, 2.24) is 20.4 Å². The number of anilines is 1. The van der Waals surface area contributed by atoms with E-state index in [0.29, 0.717) is 6.54 Å². The summed E-state index contributed by atoms with van der Waals surface area (Å²) in [5.41, 5.74) is -0.723. The lowest BCUT2D eigenvalue weighted by molar-refractivity contribution is -0.145. The second kappa shape index (κ2) is 4.62. The van der Waals surface area contributed by atoms with Crippen LogP contribution in [0.15, 0.2) is 0 Å². The van der Waals surface area contributed by atoms with E-state index in [9.17, 15) is 9.59 Å². The molecule has 18 heavy (non-hydrogen) atoms. The fourth-order valence-corrected chi connectivity index (χ4v) is 2.38. The van der Waals surface area contributed by atoms with Crippen LogP contribution in [0.3, 0.4) is 0 Å². The molecule has 0 atom stereocenters. The Hall–Kier alpha value is -1.54. The van der Waals surface area contributed by atoms with Crippen molar-refractivity contribution >= 4 is 28.3 Å². The molecule has 0 bridgehead atoms. The average Bonchev–Trinajstić information content (AvgIpc) is 2.74. The van der Waals surface area contributed by atoms with Gasteiger partial charge in [-0.1, -0.05) is 11.3 Å². The zero-order chi connectivity index (χ0) is 13.3. The molecule has 1 aliphatic heterocycles. The molecule has 0 spiro atoms. The second-order valence-electron chi connectivity index (χ2n) is 4.54. The number of carbonyl (C=O) groups is 2. The van der Waals surface area contributed by atoms with Crippen LogP contribution in [-0.2, 0) is 16.1 Å². The zero-order valence-corrected chi connectivity index (χ0v) is 11.3. The van der Waals surface area contributed by atoms with Gasteiger partial charge in [-0.15, -0.1) is 10.2 Å². The maximum absolute atomic E-state index is 11.8. The van der Waals surface area contributed by atoms with Gasteiger partial charge in [0.05, 0.1) is 18.6 Å². The first-order chi connectivity index (χ1) is 8.43. The van der Waals surface area contributed by atoms with Gasteiger partial charge in [0, 0.05) is 7.05 Å². The van der Waals surface area contributed by atoms with Gasteiger partial charge in [0.1, 0.15) is 5.01 Å². The molecule has 98 valence electrons. The molecule has 2 amide bonds. The predicted octanol–water partition coefficient (Wildman–Crippen LogP) is -0.183. The summed E-state index contributed by atoms with van der Waals surface area (Å²) in [6, 6.07) is 0. The Morgan fingerprint density at radius 2 is 2.17 bits per heavy atom. The molecule has 0 aliphatic carbocycles. The van der Waals surface area contributed by atoms with E-state index in [1.165, 1.54) is 11.3 Å². The highest BCUT2D eigenvalue weighted by molar-refractivity contribution is 7.15. The van der Waals surface area contributed by atoms with Crippen LogP contribution in [0.5, 0.6) is 0 Å². The van der Waals surface area contributed by atoms with E-state index in [2.05, 4.69) is 20.8 Å². The number of piperazine rings is 1. The molecule has 7 nitrogen and oxygen atoms in total. The van der Waals surface area contributed by atoms with Crippen molar-refractivity contribution in [1.29, 1.82) is 0 Å². The Balaban J connectivity index is 2.15. The number of hydrogen-bond donors (Lipinski definition) is 2. The molecule has 1 fully saturated rings. The molecule has 1 aromatic rings.